The Kier molecular flexibility index (Phi) is 5.05. The lowest BCUT2D eigenvalue weighted by atomic mass is 10.2. The zero-order chi connectivity index (χ0) is 16.1. The molecule has 5 heteroatoms. The van der Waals surface area contributed by atoms with Gasteiger partial charge in [-0.05, 0) is 46.9 Å². The fourth-order valence-electron chi connectivity index (χ4n) is 1.98. The molecule has 3 rings (SSSR count). The van der Waals surface area contributed by atoms with Crippen molar-refractivity contribution in [1.82, 2.24) is 4.98 Å². The van der Waals surface area contributed by atoms with Crippen molar-refractivity contribution in [2.75, 3.05) is 5.32 Å². The van der Waals surface area contributed by atoms with Crippen LogP contribution in [0.4, 0.5) is 5.69 Å². The molecule has 0 unspecified atom stereocenters. The second-order valence-corrected chi connectivity index (χ2v) is 6.83. The predicted molar refractivity (Wildman–Crippen MR) is 104 cm³/mol. The van der Waals surface area contributed by atoms with Gasteiger partial charge in [-0.1, -0.05) is 30.3 Å². The minimum absolute atomic E-state index is 0.524. The van der Waals surface area contributed by atoms with Crippen LogP contribution in [-0.2, 0) is 0 Å². The van der Waals surface area contributed by atoms with Gasteiger partial charge in [0.1, 0.15) is 16.6 Å². The van der Waals surface area contributed by atoms with Crippen LogP contribution in [0.25, 0.3) is 16.8 Å². The lowest BCUT2D eigenvalue weighted by Crippen LogP contribution is -1.91. The average Bonchev–Trinajstić information content (AvgIpc) is 3.08. The van der Waals surface area contributed by atoms with Gasteiger partial charge >= 0.3 is 0 Å². The number of aromatic nitrogens is 1. The first-order valence-corrected chi connectivity index (χ1v) is 8.86. The minimum atomic E-state index is 0.524. The Morgan fingerprint density at radius 1 is 1.13 bits per heavy atom. The number of rotatable bonds is 4. The molecule has 0 atom stereocenters. The van der Waals surface area contributed by atoms with Crippen molar-refractivity contribution in [3.63, 3.8) is 0 Å². The Labute approximate surface area is 152 Å². The van der Waals surface area contributed by atoms with Crippen molar-refractivity contribution in [2.24, 2.45) is 0 Å². The fraction of sp³-hybridized carbons (Fsp3) is 0. The van der Waals surface area contributed by atoms with Gasteiger partial charge in [0.25, 0.3) is 0 Å². The van der Waals surface area contributed by atoms with Crippen molar-refractivity contribution < 1.29 is 0 Å². The number of hydrogen-bond donors (Lipinski definition) is 1. The molecule has 3 nitrogen and oxygen atoms in total. The van der Waals surface area contributed by atoms with Crippen molar-refractivity contribution >= 4 is 45.2 Å². The van der Waals surface area contributed by atoms with Crippen LogP contribution in [0.5, 0.6) is 0 Å². The maximum Gasteiger partial charge on any atom is 0.136 e. The van der Waals surface area contributed by atoms with E-state index in [1.54, 1.807) is 6.20 Å². The monoisotopic (exact) mass is 429 g/mol. The Morgan fingerprint density at radius 2 is 1.87 bits per heavy atom. The van der Waals surface area contributed by atoms with Crippen molar-refractivity contribution in [2.45, 2.75) is 0 Å². The van der Waals surface area contributed by atoms with E-state index in [0.717, 1.165) is 16.9 Å². The largest absolute Gasteiger partial charge is 0.360 e. The number of anilines is 1. The van der Waals surface area contributed by atoms with Crippen molar-refractivity contribution in [3.8, 4) is 17.3 Å². The normalized spacial score (nSPS) is 11.0. The van der Waals surface area contributed by atoms with Gasteiger partial charge in [-0.2, -0.15) is 5.26 Å². The van der Waals surface area contributed by atoms with E-state index >= 15 is 0 Å². The van der Waals surface area contributed by atoms with E-state index in [2.05, 4.69) is 39.0 Å². The zero-order valence-corrected chi connectivity index (χ0v) is 15.0. The van der Waals surface area contributed by atoms with E-state index < -0.39 is 0 Å². The highest BCUT2D eigenvalue weighted by Gasteiger charge is 2.08. The van der Waals surface area contributed by atoms with Crippen LogP contribution in [0.1, 0.15) is 5.01 Å². The summed E-state index contributed by atoms with van der Waals surface area (Å²) in [7, 11) is 0. The number of thiazole rings is 1. The molecule has 3 aromatic rings. The Morgan fingerprint density at radius 3 is 2.57 bits per heavy atom. The number of nitrogens with zero attached hydrogens (tertiary/aromatic N) is 2. The number of halogens is 1. The summed E-state index contributed by atoms with van der Waals surface area (Å²) in [4.78, 5) is 4.56. The predicted octanol–water partition coefficient (Wildman–Crippen LogP) is 5.39. The summed E-state index contributed by atoms with van der Waals surface area (Å²) in [5.74, 6) is 0. The van der Waals surface area contributed by atoms with Crippen LogP contribution < -0.4 is 5.32 Å². The third-order valence-electron chi connectivity index (χ3n) is 3.15. The van der Waals surface area contributed by atoms with E-state index in [-0.39, 0.29) is 0 Å². The Bertz CT molecular complexity index is 861. The number of nitrogens with one attached hydrogen (secondary N) is 1. The standard InChI is InChI=1S/C18H12IN3S/c19-15-6-8-16(9-7-15)21-11-14(10-20)18-22-17(12-23-18)13-4-2-1-3-5-13/h1-9,11-12,21H/b14-11-. The first-order chi connectivity index (χ1) is 11.3. The van der Waals surface area contributed by atoms with E-state index in [1.165, 1.54) is 14.9 Å². The molecule has 0 aliphatic heterocycles. The molecule has 1 N–H and O–H groups in total. The highest BCUT2D eigenvalue weighted by molar-refractivity contribution is 14.1. The molecular formula is C18H12IN3S. The van der Waals surface area contributed by atoms with Crippen molar-refractivity contribution in [1.29, 1.82) is 5.26 Å². The summed E-state index contributed by atoms with van der Waals surface area (Å²) in [5.41, 5.74) is 3.41. The second-order valence-electron chi connectivity index (χ2n) is 4.72. The van der Waals surface area contributed by atoms with Gasteiger partial charge in [-0.3, -0.25) is 0 Å². The first-order valence-electron chi connectivity index (χ1n) is 6.90. The van der Waals surface area contributed by atoms with E-state index in [1.807, 2.05) is 60.0 Å². The molecule has 0 fully saturated rings. The van der Waals surface area contributed by atoms with E-state index in [0.29, 0.717) is 10.6 Å². The molecule has 1 aromatic heterocycles. The van der Waals surface area contributed by atoms with Crippen molar-refractivity contribution in [3.05, 3.63) is 74.8 Å². The summed E-state index contributed by atoms with van der Waals surface area (Å²) in [5, 5.41) is 15.2. The lowest BCUT2D eigenvalue weighted by Gasteiger charge is -2.01. The van der Waals surface area contributed by atoms with Crippen LogP contribution in [0, 0.1) is 14.9 Å². The minimum Gasteiger partial charge on any atom is -0.360 e. The third kappa shape index (κ3) is 3.97. The van der Waals surface area contributed by atoms with E-state index in [4.69, 9.17) is 0 Å². The highest BCUT2D eigenvalue weighted by atomic mass is 127. The molecule has 0 saturated carbocycles. The molecule has 0 spiro atoms. The number of nitriles is 1. The molecule has 0 radical (unpaired) electrons. The van der Waals surface area contributed by atoms with E-state index in [9.17, 15) is 5.26 Å². The molecule has 1 heterocycles. The second kappa shape index (κ2) is 7.40. The molecule has 0 aliphatic carbocycles. The maximum absolute atomic E-state index is 9.39. The first kappa shape index (κ1) is 15.7. The molecule has 0 aliphatic rings. The molecule has 112 valence electrons. The summed E-state index contributed by atoms with van der Waals surface area (Å²) in [6.07, 6.45) is 1.70. The quantitative estimate of drug-likeness (QED) is 0.447. The van der Waals surface area contributed by atoms with Gasteiger partial charge in [-0.25, -0.2) is 4.98 Å². The zero-order valence-electron chi connectivity index (χ0n) is 12.0. The number of benzene rings is 2. The number of hydrogen-bond acceptors (Lipinski definition) is 4. The molecular weight excluding hydrogens is 417 g/mol. The van der Waals surface area contributed by atoms with Gasteiger partial charge in [-0.15, -0.1) is 11.3 Å². The van der Waals surface area contributed by atoms with Gasteiger partial charge in [0, 0.05) is 26.4 Å². The molecule has 23 heavy (non-hydrogen) atoms. The van der Waals surface area contributed by atoms with Gasteiger partial charge < -0.3 is 5.32 Å². The maximum atomic E-state index is 9.39. The molecule has 0 amide bonds. The van der Waals surface area contributed by atoms with Gasteiger partial charge in [0.05, 0.1) is 5.69 Å². The van der Waals surface area contributed by atoms with Crippen LogP contribution >= 0.6 is 33.9 Å². The lowest BCUT2D eigenvalue weighted by molar-refractivity contribution is 1.36. The van der Waals surface area contributed by atoms with Gasteiger partial charge in [0.15, 0.2) is 0 Å². The summed E-state index contributed by atoms with van der Waals surface area (Å²) in [6, 6.07) is 20.1. The molecule has 0 saturated heterocycles. The Hall–Kier alpha value is -2.17. The van der Waals surface area contributed by atoms with Crippen LogP contribution in [0.3, 0.4) is 0 Å². The van der Waals surface area contributed by atoms with Crippen LogP contribution in [0.2, 0.25) is 0 Å². The smallest absolute Gasteiger partial charge is 0.136 e. The van der Waals surface area contributed by atoms with Crippen LogP contribution in [-0.4, -0.2) is 4.98 Å². The summed E-state index contributed by atoms with van der Waals surface area (Å²) in [6.45, 7) is 0. The number of allylic oxidation sites excluding steroid dienone is 1. The fourth-order valence-corrected chi connectivity index (χ4v) is 3.14. The molecule has 2 aromatic carbocycles. The summed E-state index contributed by atoms with van der Waals surface area (Å²) < 4.78 is 1.17. The average molecular weight is 429 g/mol. The summed E-state index contributed by atoms with van der Waals surface area (Å²) >= 11 is 3.73. The Balaban J connectivity index is 1.81. The third-order valence-corrected chi connectivity index (χ3v) is 4.75. The topological polar surface area (TPSA) is 48.7 Å². The SMILES string of the molecule is N#C/C(=C/Nc1ccc(I)cc1)c1nc(-c2ccccc2)cs1. The molecule has 0 bridgehead atoms. The van der Waals surface area contributed by atoms with Gasteiger partial charge in [0.2, 0.25) is 0 Å². The highest BCUT2D eigenvalue weighted by Crippen LogP contribution is 2.26. The van der Waals surface area contributed by atoms with Crippen LogP contribution in [0.15, 0.2) is 66.2 Å².